The van der Waals surface area contributed by atoms with Crippen molar-refractivity contribution in [3.05, 3.63) is 124 Å². The number of hydrogen-bond donors (Lipinski definition) is 4. The first-order valence-corrected chi connectivity index (χ1v) is 25.3. The van der Waals surface area contributed by atoms with E-state index >= 15 is 0 Å². The summed E-state index contributed by atoms with van der Waals surface area (Å²) in [5, 5.41) is 18.4. The molecule has 18 nitrogen and oxygen atoms in total. The van der Waals surface area contributed by atoms with E-state index in [0.29, 0.717) is 131 Å². The van der Waals surface area contributed by atoms with E-state index in [4.69, 9.17) is 44.0 Å². The number of ether oxygens (including phenoxy) is 7. The lowest BCUT2D eigenvalue weighted by molar-refractivity contribution is -0.121. The van der Waals surface area contributed by atoms with Crippen LogP contribution in [0.4, 0.5) is 28.4 Å². The van der Waals surface area contributed by atoms with E-state index in [9.17, 15) is 14.7 Å². The first kappa shape index (κ1) is 52.0. The number of aliphatic imine (C=N–C) groups is 1. The molecule has 74 heavy (non-hydrogen) atoms. The summed E-state index contributed by atoms with van der Waals surface area (Å²) < 4.78 is 41.8. The standard InChI is InChI=1S/C56H67N7O11/c1-67-20-21-71-23-22-70-19-17-61(16-8-14-54(64)58-15-9-18-74-57)41-25-37(35-72-52-31-46-44(29-50(52)68-2)55(65)62-42(33-59-46)27-39-10-4-6-12-48(39)62)24-38(26-41)36-73-53-32-47-45(30-51(53)69-3)56(66)63-43(34-60-47)28-40-11-5-7-13-49(40)63/h4-7,10-13,24-26,29-33,42-43,56,60,66H,8-9,14-23,27-28,34-36,57H2,1-3H3,(H,58,64)/t42-,43-,56?/m0/s1. The second-order valence-electron chi connectivity index (χ2n) is 18.6. The lowest BCUT2D eigenvalue weighted by Gasteiger charge is -2.30. The Hall–Kier alpha value is -6.93. The fraction of sp³-hybridized carbons (Fsp3) is 0.411. The van der Waals surface area contributed by atoms with Crippen molar-refractivity contribution < 1.29 is 52.7 Å². The normalized spacial score (nSPS) is 16.9. The number of hydrogen-bond acceptors (Lipinski definition) is 16. The Balaban J connectivity index is 0.982. The number of fused-ring (bicyclic) bond motifs is 8. The second-order valence-corrected chi connectivity index (χ2v) is 18.6. The fourth-order valence-electron chi connectivity index (χ4n) is 10.1. The predicted molar refractivity (Wildman–Crippen MR) is 283 cm³/mol. The van der Waals surface area contributed by atoms with Crippen LogP contribution in [0.2, 0.25) is 0 Å². The zero-order valence-corrected chi connectivity index (χ0v) is 42.4. The van der Waals surface area contributed by atoms with Crippen LogP contribution in [0.15, 0.2) is 96.0 Å². The third kappa shape index (κ3) is 12.0. The van der Waals surface area contributed by atoms with Crippen molar-refractivity contribution in [1.82, 2.24) is 5.32 Å². The van der Waals surface area contributed by atoms with Crippen LogP contribution >= 0.6 is 0 Å². The molecule has 0 fully saturated rings. The maximum absolute atomic E-state index is 14.2. The molecule has 5 aromatic rings. The highest BCUT2D eigenvalue weighted by Crippen LogP contribution is 2.45. The van der Waals surface area contributed by atoms with Crippen LogP contribution in [0, 0.1) is 0 Å². The van der Waals surface area contributed by atoms with E-state index in [1.807, 2.05) is 65.7 Å². The number of methoxy groups -OCH3 is 3. The summed E-state index contributed by atoms with van der Waals surface area (Å²) in [4.78, 5) is 42.6. The van der Waals surface area contributed by atoms with Crippen molar-refractivity contribution in [1.29, 1.82) is 0 Å². The monoisotopic (exact) mass is 1010 g/mol. The van der Waals surface area contributed by atoms with Gasteiger partial charge in [0.25, 0.3) is 5.91 Å². The molecule has 1 unspecified atom stereocenters. The third-order valence-electron chi connectivity index (χ3n) is 13.7. The number of carbonyl (C=O) groups is 2. The summed E-state index contributed by atoms with van der Waals surface area (Å²) in [6, 6.07) is 29.4. The minimum atomic E-state index is -0.897. The van der Waals surface area contributed by atoms with Crippen molar-refractivity contribution in [2.75, 3.05) is 107 Å². The van der Waals surface area contributed by atoms with Gasteiger partial charge in [-0.05, 0) is 84.0 Å². The molecule has 0 aliphatic carbocycles. The number of para-hydroxylation sites is 2. The van der Waals surface area contributed by atoms with Gasteiger partial charge in [0.2, 0.25) is 5.91 Å². The van der Waals surface area contributed by atoms with E-state index in [-0.39, 0.29) is 37.1 Å². The van der Waals surface area contributed by atoms with Gasteiger partial charge in [0.1, 0.15) is 13.2 Å². The number of carbonyl (C=O) groups excluding carboxylic acids is 2. The molecule has 0 saturated heterocycles. The van der Waals surface area contributed by atoms with Crippen LogP contribution in [-0.2, 0) is 49.9 Å². The van der Waals surface area contributed by atoms with Crippen molar-refractivity contribution in [3.63, 3.8) is 0 Å². The Labute approximate surface area is 432 Å². The van der Waals surface area contributed by atoms with Crippen molar-refractivity contribution in [3.8, 4) is 23.0 Å². The van der Waals surface area contributed by atoms with Crippen molar-refractivity contribution >= 4 is 46.5 Å². The van der Waals surface area contributed by atoms with Crippen molar-refractivity contribution in [2.45, 2.75) is 63.6 Å². The van der Waals surface area contributed by atoms with Gasteiger partial charge >= 0.3 is 0 Å². The zero-order valence-electron chi connectivity index (χ0n) is 42.4. The lowest BCUT2D eigenvalue weighted by Crippen LogP contribution is -2.37. The topological polar surface area (TPSA) is 200 Å². The molecule has 4 aliphatic rings. The maximum Gasteiger partial charge on any atom is 0.261 e. The van der Waals surface area contributed by atoms with Crippen molar-refractivity contribution in [2.24, 2.45) is 10.9 Å². The highest BCUT2D eigenvalue weighted by Gasteiger charge is 2.39. The van der Waals surface area contributed by atoms with Gasteiger partial charge in [-0.25, -0.2) is 5.90 Å². The Morgan fingerprint density at radius 2 is 1.47 bits per heavy atom. The van der Waals surface area contributed by atoms with Gasteiger partial charge in [-0.1, -0.05) is 36.4 Å². The summed E-state index contributed by atoms with van der Waals surface area (Å²) in [7, 11) is 4.78. The largest absolute Gasteiger partial charge is 0.493 e. The number of benzene rings is 5. The summed E-state index contributed by atoms with van der Waals surface area (Å²) in [5.74, 6) is 6.77. The first-order chi connectivity index (χ1) is 36.3. The number of rotatable bonds is 26. The highest BCUT2D eigenvalue weighted by molar-refractivity contribution is 6.14. The van der Waals surface area contributed by atoms with Crippen LogP contribution in [0.3, 0.4) is 0 Å². The number of nitrogens with zero attached hydrogens (tertiary/aromatic N) is 4. The molecule has 0 spiro atoms. The number of nitrogens with one attached hydrogen (secondary N) is 2. The Morgan fingerprint density at radius 1 is 0.784 bits per heavy atom. The molecule has 18 heteroatoms. The van der Waals surface area contributed by atoms with E-state index < -0.39 is 6.23 Å². The van der Waals surface area contributed by atoms with Gasteiger partial charge in [-0.15, -0.1) is 0 Å². The molecule has 5 N–H and O–H groups in total. The number of aliphatic hydroxyl groups is 1. The van der Waals surface area contributed by atoms with Crippen LogP contribution in [0.25, 0.3) is 0 Å². The Kier molecular flexibility index (Phi) is 17.5. The average Bonchev–Trinajstić information content (AvgIpc) is 3.91. The molecule has 2 amide bonds. The third-order valence-corrected chi connectivity index (χ3v) is 13.7. The second kappa shape index (κ2) is 24.9. The van der Waals surface area contributed by atoms with Gasteiger partial charge in [0, 0.05) is 92.8 Å². The Bertz CT molecular complexity index is 2780. The molecule has 5 aromatic carbocycles. The Morgan fingerprint density at radius 3 is 2.22 bits per heavy atom. The molecule has 4 aliphatic heterocycles. The van der Waals surface area contributed by atoms with Gasteiger partial charge in [0.15, 0.2) is 29.2 Å². The van der Waals surface area contributed by atoms with Gasteiger partial charge in [-0.3, -0.25) is 19.5 Å². The van der Waals surface area contributed by atoms with E-state index in [0.717, 1.165) is 45.9 Å². The molecule has 9 rings (SSSR count). The molecule has 0 bridgehead atoms. The summed E-state index contributed by atoms with van der Waals surface area (Å²) in [6.45, 7) is 5.00. The van der Waals surface area contributed by atoms with E-state index in [1.165, 1.54) is 5.56 Å². The van der Waals surface area contributed by atoms with Gasteiger partial charge in [0.05, 0.1) is 77.2 Å². The molecule has 3 atom stereocenters. The quantitative estimate of drug-likeness (QED) is 0.0338. The summed E-state index contributed by atoms with van der Waals surface area (Å²) in [6.07, 6.45) is 3.93. The number of amides is 2. The van der Waals surface area contributed by atoms with E-state index in [2.05, 4.69) is 49.5 Å². The van der Waals surface area contributed by atoms with Crippen LogP contribution in [0.5, 0.6) is 23.0 Å². The van der Waals surface area contributed by atoms with Crippen LogP contribution < -0.4 is 50.2 Å². The van der Waals surface area contributed by atoms with Crippen LogP contribution in [-0.4, -0.2) is 122 Å². The van der Waals surface area contributed by atoms with Gasteiger partial charge < -0.3 is 63.5 Å². The zero-order chi connectivity index (χ0) is 51.4. The maximum atomic E-state index is 14.2. The molecular weight excluding hydrogens is 947 g/mol. The summed E-state index contributed by atoms with van der Waals surface area (Å²) in [5.41, 5.74) is 9.13. The first-order valence-electron chi connectivity index (χ1n) is 25.3. The minimum Gasteiger partial charge on any atom is -0.493 e. The molecule has 4 heterocycles. The predicted octanol–water partition coefficient (Wildman–Crippen LogP) is 6.66. The molecule has 0 radical (unpaired) electrons. The van der Waals surface area contributed by atoms with Gasteiger partial charge in [-0.2, -0.15) is 0 Å². The number of anilines is 4. The highest BCUT2D eigenvalue weighted by atomic mass is 16.6. The average molecular weight is 1010 g/mol. The number of nitrogens with two attached hydrogens (primary N) is 1. The number of aliphatic hydroxyl groups excluding tert-OH is 1. The smallest absolute Gasteiger partial charge is 0.261 e. The summed E-state index contributed by atoms with van der Waals surface area (Å²) >= 11 is 0. The molecular formula is C56H67N7O11. The minimum absolute atomic E-state index is 0.0597. The van der Waals surface area contributed by atoms with E-state index in [1.54, 1.807) is 33.5 Å². The SMILES string of the molecule is COCCOCCOCCN(CCCC(=O)NCCCON)c1cc(COc2cc3c(cc2OC)C(=O)N2c4ccccc4C[C@H]2C=N3)cc(COc2cc3c(cc2OC)C(O)N2c4ccccc4C[C@H]2CN3)c1. The molecule has 0 saturated carbocycles. The molecule has 392 valence electrons. The fourth-order valence-corrected chi connectivity index (χ4v) is 10.1. The lowest BCUT2D eigenvalue weighted by atomic mass is 10.1. The molecule has 0 aromatic heterocycles. The van der Waals surface area contributed by atoms with Crippen LogP contribution in [0.1, 0.15) is 63.7 Å².